The van der Waals surface area contributed by atoms with Crippen LogP contribution in [-0.2, 0) is 14.3 Å². The van der Waals surface area contributed by atoms with Gasteiger partial charge in [-0.2, -0.15) is 0 Å². The molecule has 0 fully saturated rings. The highest BCUT2D eigenvalue weighted by molar-refractivity contribution is 5.75. The Labute approximate surface area is 85.1 Å². The fourth-order valence-corrected chi connectivity index (χ4v) is 1.08. The van der Waals surface area contributed by atoms with Crippen molar-refractivity contribution in [1.82, 2.24) is 4.90 Å². The van der Waals surface area contributed by atoms with E-state index in [2.05, 4.69) is 4.74 Å². The van der Waals surface area contributed by atoms with Crippen molar-refractivity contribution in [3.63, 3.8) is 0 Å². The summed E-state index contributed by atoms with van der Waals surface area (Å²) in [5.41, 5.74) is 5.61. The quantitative estimate of drug-likeness (QED) is 0.588. The Morgan fingerprint density at radius 3 is 2.50 bits per heavy atom. The molecule has 0 aliphatic heterocycles. The zero-order valence-electron chi connectivity index (χ0n) is 9.32. The highest BCUT2D eigenvalue weighted by atomic mass is 16.5. The van der Waals surface area contributed by atoms with Gasteiger partial charge in [-0.15, -0.1) is 0 Å². The largest absolute Gasteiger partial charge is 0.468 e. The molecule has 0 rings (SSSR count). The van der Waals surface area contributed by atoms with Crippen LogP contribution in [0.5, 0.6) is 0 Å². The highest BCUT2D eigenvalue weighted by Gasteiger charge is 2.18. The van der Waals surface area contributed by atoms with E-state index in [1.54, 1.807) is 7.11 Å². The Hall–Kier alpha value is -0.650. The number of likely N-dealkylation sites (N-methyl/N-ethyl adjacent to an activating group) is 1. The molecule has 2 N–H and O–H groups in total. The summed E-state index contributed by atoms with van der Waals surface area (Å²) >= 11 is 0. The van der Waals surface area contributed by atoms with E-state index in [1.807, 2.05) is 18.9 Å². The molecule has 0 saturated heterocycles. The van der Waals surface area contributed by atoms with Crippen molar-refractivity contribution in [2.24, 2.45) is 5.73 Å². The number of carbonyl (C=O) groups excluding carboxylic acids is 1. The molecule has 2 atom stereocenters. The van der Waals surface area contributed by atoms with E-state index in [0.717, 1.165) is 0 Å². The Morgan fingerprint density at radius 2 is 2.07 bits per heavy atom. The average Bonchev–Trinajstić information content (AvgIpc) is 2.16. The summed E-state index contributed by atoms with van der Waals surface area (Å²) in [5.74, 6) is -0.388. The van der Waals surface area contributed by atoms with E-state index in [-0.39, 0.29) is 12.0 Å². The molecular formula is C9H20N2O3. The second-order valence-corrected chi connectivity index (χ2v) is 3.37. The van der Waals surface area contributed by atoms with Crippen LogP contribution in [0.1, 0.15) is 6.92 Å². The minimum atomic E-state index is -0.593. The van der Waals surface area contributed by atoms with Gasteiger partial charge in [0.15, 0.2) is 0 Å². The van der Waals surface area contributed by atoms with Gasteiger partial charge in [-0.25, -0.2) is 0 Å². The number of esters is 1. The van der Waals surface area contributed by atoms with Gasteiger partial charge in [0.1, 0.15) is 6.04 Å². The number of nitrogens with two attached hydrogens (primary N) is 1. The van der Waals surface area contributed by atoms with Gasteiger partial charge in [0.05, 0.1) is 13.7 Å². The summed E-state index contributed by atoms with van der Waals surface area (Å²) in [6.45, 7) is 3.09. The third-order valence-electron chi connectivity index (χ3n) is 2.15. The van der Waals surface area contributed by atoms with Crippen LogP contribution < -0.4 is 5.73 Å². The standard InChI is InChI=1S/C9H20N2O3/c1-7(6-13-3)11(2)5-8(10)9(12)14-4/h7-8H,5-6,10H2,1-4H3. The first-order valence-corrected chi connectivity index (χ1v) is 4.55. The summed E-state index contributed by atoms with van der Waals surface area (Å²) in [5, 5.41) is 0. The Balaban J connectivity index is 3.91. The van der Waals surface area contributed by atoms with Crippen molar-refractivity contribution < 1.29 is 14.3 Å². The van der Waals surface area contributed by atoms with Crippen LogP contribution in [-0.4, -0.2) is 57.4 Å². The molecule has 0 heterocycles. The van der Waals surface area contributed by atoms with Crippen molar-refractivity contribution in [3.8, 4) is 0 Å². The Bertz CT molecular complexity index is 175. The fraction of sp³-hybridized carbons (Fsp3) is 0.889. The minimum Gasteiger partial charge on any atom is -0.468 e. The van der Waals surface area contributed by atoms with E-state index in [4.69, 9.17) is 10.5 Å². The van der Waals surface area contributed by atoms with Crippen molar-refractivity contribution in [2.75, 3.05) is 34.4 Å². The molecule has 0 aromatic heterocycles. The molecule has 14 heavy (non-hydrogen) atoms. The molecule has 2 unspecified atom stereocenters. The lowest BCUT2D eigenvalue weighted by atomic mass is 10.2. The number of methoxy groups -OCH3 is 2. The predicted octanol–water partition coefficient (Wildman–Crippen LogP) is -0.547. The maximum absolute atomic E-state index is 11.0. The molecule has 0 saturated carbocycles. The van der Waals surface area contributed by atoms with Gasteiger partial charge in [0.2, 0.25) is 0 Å². The number of rotatable bonds is 6. The predicted molar refractivity (Wildman–Crippen MR) is 54.0 cm³/mol. The smallest absolute Gasteiger partial charge is 0.323 e. The van der Waals surface area contributed by atoms with Crippen LogP contribution in [0.4, 0.5) is 0 Å². The highest BCUT2D eigenvalue weighted by Crippen LogP contribution is 1.97. The third-order valence-corrected chi connectivity index (χ3v) is 2.15. The van der Waals surface area contributed by atoms with E-state index in [1.165, 1.54) is 7.11 Å². The van der Waals surface area contributed by atoms with Crippen LogP contribution in [0.3, 0.4) is 0 Å². The molecule has 0 amide bonds. The average molecular weight is 204 g/mol. The zero-order valence-corrected chi connectivity index (χ0v) is 9.32. The minimum absolute atomic E-state index is 0.232. The second kappa shape index (κ2) is 6.75. The summed E-state index contributed by atoms with van der Waals surface area (Å²) < 4.78 is 9.53. The van der Waals surface area contributed by atoms with E-state index in [9.17, 15) is 4.79 Å². The van der Waals surface area contributed by atoms with Gasteiger partial charge in [-0.3, -0.25) is 9.69 Å². The molecule has 0 bridgehead atoms. The third kappa shape index (κ3) is 4.55. The normalized spacial score (nSPS) is 15.3. The molecule has 0 spiro atoms. The van der Waals surface area contributed by atoms with Crippen molar-refractivity contribution in [2.45, 2.75) is 19.0 Å². The maximum atomic E-state index is 11.0. The number of hydrogen-bond donors (Lipinski definition) is 1. The van der Waals surface area contributed by atoms with Crippen molar-refractivity contribution in [3.05, 3.63) is 0 Å². The maximum Gasteiger partial charge on any atom is 0.323 e. The molecule has 0 aromatic rings. The van der Waals surface area contributed by atoms with Crippen LogP contribution in [0.25, 0.3) is 0 Å². The van der Waals surface area contributed by atoms with Crippen LogP contribution in [0.15, 0.2) is 0 Å². The topological polar surface area (TPSA) is 64.8 Å². The molecular weight excluding hydrogens is 184 g/mol. The monoisotopic (exact) mass is 204 g/mol. The van der Waals surface area contributed by atoms with Gasteiger partial charge in [-0.05, 0) is 14.0 Å². The SMILES string of the molecule is COCC(C)N(C)CC(N)C(=O)OC. The first kappa shape index (κ1) is 13.4. The lowest BCUT2D eigenvalue weighted by Crippen LogP contribution is -2.45. The van der Waals surface area contributed by atoms with Crippen LogP contribution in [0.2, 0.25) is 0 Å². The summed E-state index contributed by atoms with van der Waals surface area (Å²) in [4.78, 5) is 13.0. The second-order valence-electron chi connectivity index (χ2n) is 3.37. The fourth-order valence-electron chi connectivity index (χ4n) is 1.08. The molecule has 0 aromatic carbocycles. The van der Waals surface area contributed by atoms with Gasteiger partial charge in [0, 0.05) is 19.7 Å². The molecule has 5 heteroatoms. The first-order valence-electron chi connectivity index (χ1n) is 4.55. The number of nitrogens with zero attached hydrogens (tertiary/aromatic N) is 1. The summed E-state index contributed by atoms with van der Waals surface area (Å²) in [6.07, 6.45) is 0. The van der Waals surface area contributed by atoms with Gasteiger partial charge >= 0.3 is 5.97 Å². The van der Waals surface area contributed by atoms with E-state index >= 15 is 0 Å². The molecule has 0 radical (unpaired) electrons. The zero-order chi connectivity index (χ0) is 11.1. The first-order chi connectivity index (χ1) is 6.52. The van der Waals surface area contributed by atoms with Gasteiger partial charge in [0.25, 0.3) is 0 Å². The molecule has 84 valence electrons. The summed E-state index contributed by atoms with van der Waals surface area (Å²) in [7, 11) is 4.87. The molecule has 0 aliphatic rings. The lowest BCUT2D eigenvalue weighted by molar-refractivity contribution is -0.142. The van der Waals surface area contributed by atoms with E-state index in [0.29, 0.717) is 13.2 Å². The van der Waals surface area contributed by atoms with Crippen LogP contribution in [0, 0.1) is 0 Å². The summed E-state index contributed by atoms with van der Waals surface area (Å²) in [6, 6.07) is -0.361. The number of hydrogen-bond acceptors (Lipinski definition) is 5. The van der Waals surface area contributed by atoms with Gasteiger partial charge < -0.3 is 15.2 Å². The molecule has 5 nitrogen and oxygen atoms in total. The Morgan fingerprint density at radius 1 is 1.50 bits per heavy atom. The number of ether oxygens (including phenoxy) is 2. The molecule has 0 aliphatic carbocycles. The van der Waals surface area contributed by atoms with Crippen LogP contribution >= 0.6 is 0 Å². The van der Waals surface area contributed by atoms with Crippen molar-refractivity contribution >= 4 is 5.97 Å². The van der Waals surface area contributed by atoms with Gasteiger partial charge in [-0.1, -0.05) is 0 Å². The van der Waals surface area contributed by atoms with E-state index < -0.39 is 6.04 Å². The van der Waals surface area contributed by atoms with Crippen molar-refractivity contribution in [1.29, 1.82) is 0 Å². The Kier molecular flexibility index (Phi) is 6.44. The number of carbonyl (C=O) groups is 1. The lowest BCUT2D eigenvalue weighted by Gasteiger charge is -2.25.